The van der Waals surface area contributed by atoms with E-state index in [1.165, 1.54) is 6.20 Å². The van der Waals surface area contributed by atoms with Gasteiger partial charge in [-0.15, -0.1) is 0 Å². The van der Waals surface area contributed by atoms with Crippen molar-refractivity contribution in [3.05, 3.63) is 58.3 Å². The van der Waals surface area contributed by atoms with E-state index in [4.69, 9.17) is 5.11 Å². The third-order valence-electron chi connectivity index (χ3n) is 2.51. The summed E-state index contributed by atoms with van der Waals surface area (Å²) < 4.78 is 0. The van der Waals surface area contributed by atoms with Crippen LogP contribution in [-0.2, 0) is 11.2 Å². The van der Waals surface area contributed by atoms with Gasteiger partial charge in [0, 0.05) is 11.9 Å². The molecule has 0 fully saturated rings. The minimum absolute atomic E-state index is 0.0368. The second-order valence-electron chi connectivity index (χ2n) is 3.98. The highest BCUT2D eigenvalue weighted by molar-refractivity contribution is 6.03. The number of carboxylic acids is 1. The van der Waals surface area contributed by atoms with E-state index in [2.05, 4.69) is 15.3 Å². The monoisotopic (exact) mass is 273 g/mol. The average Bonchev–Trinajstić information content (AvgIpc) is 2.41. The molecule has 1 amide bonds. The van der Waals surface area contributed by atoms with Crippen LogP contribution >= 0.6 is 0 Å². The molecule has 0 aliphatic heterocycles. The van der Waals surface area contributed by atoms with Crippen molar-refractivity contribution < 1.29 is 14.7 Å². The summed E-state index contributed by atoms with van der Waals surface area (Å²) in [5.74, 6) is -1.52. The van der Waals surface area contributed by atoms with Gasteiger partial charge >= 0.3 is 5.97 Å². The van der Waals surface area contributed by atoms with Crippen molar-refractivity contribution in [2.45, 2.75) is 6.42 Å². The van der Waals surface area contributed by atoms with E-state index in [1.54, 1.807) is 24.3 Å². The van der Waals surface area contributed by atoms with E-state index in [0.29, 0.717) is 11.3 Å². The first kappa shape index (κ1) is 13.5. The van der Waals surface area contributed by atoms with Crippen LogP contribution in [0.25, 0.3) is 0 Å². The molecule has 7 nitrogen and oxygen atoms in total. The predicted molar refractivity (Wildman–Crippen MR) is 70.6 cm³/mol. The number of hydrogen-bond donors (Lipinski definition) is 3. The van der Waals surface area contributed by atoms with Crippen LogP contribution in [0.2, 0.25) is 0 Å². The van der Waals surface area contributed by atoms with Gasteiger partial charge in [0.2, 0.25) is 0 Å². The number of aromatic amines is 1. The second kappa shape index (κ2) is 5.79. The second-order valence-corrected chi connectivity index (χ2v) is 3.98. The summed E-state index contributed by atoms with van der Waals surface area (Å²) in [6.45, 7) is 0. The Hall–Kier alpha value is -2.96. The van der Waals surface area contributed by atoms with Crippen molar-refractivity contribution in [2.75, 3.05) is 5.32 Å². The number of nitrogens with one attached hydrogen (secondary N) is 2. The molecule has 0 radical (unpaired) electrons. The first-order chi connectivity index (χ1) is 9.56. The van der Waals surface area contributed by atoms with Crippen molar-refractivity contribution in [3.8, 4) is 0 Å². The minimum Gasteiger partial charge on any atom is -0.481 e. The summed E-state index contributed by atoms with van der Waals surface area (Å²) in [5, 5.41) is 11.4. The van der Waals surface area contributed by atoms with Crippen LogP contribution < -0.4 is 10.9 Å². The first-order valence-electron chi connectivity index (χ1n) is 5.72. The Morgan fingerprint density at radius 2 is 2.05 bits per heavy atom. The molecular weight excluding hydrogens is 262 g/mol. The number of anilines is 1. The van der Waals surface area contributed by atoms with E-state index < -0.39 is 17.4 Å². The molecule has 1 aromatic heterocycles. The summed E-state index contributed by atoms with van der Waals surface area (Å²) in [5.41, 5.74) is 0.508. The maximum atomic E-state index is 11.9. The zero-order chi connectivity index (χ0) is 14.5. The van der Waals surface area contributed by atoms with Crippen molar-refractivity contribution in [1.29, 1.82) is 0 Å². The molecule has 0 saturated heterocycles. The lowest BCUT2D eigenvalue weighted by Gasteiger charge is -2.09. The summed E-state index contributed by atoms with van der Waals surface area (Å²) in [4.78, 5) is 39.6. The van der Waals surface area contributed by atoms with Crippen molar-refractivity contribution >= 4 is 17.6 Å². The summed E-state index contributed by atoms with van der Waals surface area (Å²) in [6.07, 6.45) is 1.99. The predicted octanol–water partition coefficient (Wildman–Crippen LogP) is 0.649. The average molecular weight is 273 g/mol. The van der Waals surface area contributed by atoms with Crippen LogP contribution in [0.3, 0.4) is 0 Å². The molecule has 2 rings (SSSR count). The molecule has 7 heteroatoms. The molecule has 0 spiro atoms. The van der Waals surface area contributed by atoms with Crippen molar-refractivity contribution in [2.24, 2.45) is 0 Å². The number of H-pyrrole nitrogens is 1. The highest BCUT2D eigenvalue weighted by Gasteiger charge is 2.11. The van der Waals surface area contributed by atoms with Crippen LogP contribution in [0.5, 0.6) is 0 Å². The van der Waals surface area contributed by atoms with Crippen LogP contribution in [0.1, 0.15) is 16.1 Å². The quantitative estimate of drug-likeness (QED) is 0.757. The maximum absolute atomic E-state index is 11.9. The number of nitrogens with zero attached hydrogens (tertiary/aromatic N) is 1. The topological polar surface area (TPSA) is 112 Å². The van der Waals surface area contributed by atoms with E-state index in [-0.39, 0.29) is 12.1 Å². The zero-order valence-corrected chi connectivity index (χ0v) is 10.3. The highest BCUT2D eigenvalue weighted by Crippen LogP contribution is 2.16. The van der Waals surface area contributed by atoms with Gasteiger partial charge in [-0.25, -0.2) is 4.98 Å². The van der Waals surface area contributed by atoms with Crippen LogP contribution in [-0.4, -0.2) is 27.0 Å². The summed E-state index contributed by atoms with van der Waals surface area (Å²) in [6, 6.07) is 6.58. The number of para-hydroxylation sites is 1. The number of carbonyl (C=O) groups excluding carboxylic acids is 1. The molecule has 102 valence electrons. The number of benzene rings is 1. The Morgan fingerprint density at radius 1 is 1.30 bits per heavy atom. The number of hydrogen-bond acceptors (Lipinski definition) is 4. The van der Waals surface area contributed by atoms with Gasteiger partial charge in [-0.2, -0.15) is 0 Å². The van der Waals surface area contributed by atoms with E-state index in [1.807, 2.05) is 0 Å². The molecule has 0 aliphatic rings. The van der Waals surface area contributed by atoms with Crippen LogP contribution in [0, 0.1) is 0 Å². The fourth-order valence-corrected chi connectivity index (χ4v) is 1.61. The highest BCUT2D eigenvalue weighted by atomic mass is 16.4. The van der Waals surface area contributed by atoms with Gasteiger partial charge < -0.3 is 15.4 Å². The Balaban J connectivity index is 2.21. The minimum atomic E-state index is -0.992. The van der Waals surface area contributed by atoms with Gasteiger partial charge in [0.1, 0.15) is 5.69 Å². The summed E-state index contributed by atoms with van der Waals surface area (Å²) in [7, 11) is 0. The molecule has 1 heterocycles. The maximum Gasteiger partial charge on any atom is 0.307 e. The first-order valence-corrected chi connectivity index (χ1v) is 5.72. The van der Waals surface area contributed by atoms with Crippen molar-refractivity contribution in [3.63, 3.8) is 0 Å². The Kier molecular flexibility index (Phi) is 3.90. The van der Waals surface area contributed by atoms with E-state index >= 15 is 0 Å². The number of rotatable bonds is 4. The Labute approximate surface area is 113 Å². The van der Waals surface area contributed by atoms with Gasteiger partial charge in [0.25, 0.3) is 11.5 Å². The molecule has 2 aromatic rings. The molecule has 20 heavy (non-hydrogen) atoms. The molecule has 1 aromatic carbocycles. The smallest absolute Gasteiger partial charge is 0.307 e. The third-order valence-corrected chi connectivity index (χ3v) is 2.51. The number of aliphatic carboxylic acids is 1. The van der Waals surface area contributed by atoms with Gasteiger partial charge in [-0.3, -0.25) is 14.4 Å². The van der Waals surface area contributed by atoms with Gasteiger partial charge in [0.15, 0.2) is 0 Å². The molecule has 0 saturated carbocycles. The number of carboxylic acid groups (broad SMARTS) is 1. The van der Waals surface area contributed by atoms with E-state index in [9.17, 15) is 14.4 Å². The van der Waals surface area contributed by atoms with Gasteiger partial charge in [-0.05, 0) is 11.6 Å². The number of aromatic nitrogens is 2. The Bertz CT molecular complexity index is 688. The molecule has 0 unspecified atom stereocenters. The molecule has 3 N–H and O–H groups in total. The van der Waals surface area contributed by atoms with Gasteiger partial charge in [-0.1, -0.05) is 18.2 Å². The normalized spacial score (nSPS) is 10.0. The fraction of sp³-hybridized carbons (Fsp3) is 0.0769. The SMILES string of the molecule is O=C(O)Cc1ccccc1NC(=O)c1c[nH]c(=O)cn1. The fourth-order valence-electron chi connectivity index (χ4n) is 1.61. The molecule has 0 aliphatic carbocycles. The van der Waals surface area contributed by atoms with E-state index in [0.717, 1.165) is 6.20 Å². The van der Waals surface area contributed by atoms with Gasteiger partial charge in [0.05, 0.1) is 12.6 Å². The molecule has 0 atom stereocenters. The lowest BCUT2D eigenvalue weighted by molar-refractivity contribution is -0.136. The summed E-state index contributed by atoms with van der Waals surface area (Å²) >= 11 is 0. The standard InChI is InChI=1S/C13H11N3O4/c17-11-7-14-10(6-15-11)13(20)16-9-4-2-1-3-8(9)5-12(18)19/h1-4,6-7H,5H2,(H,15,17)(H,16,20)(H,18,19). The Morgan fingerprint density at radius 3 is 2.70 bits per heavy atom. The number of amides is 1. The van der Waals surface area contributed by atoms with Crippen molar-refractivity contribution in [1.82, 2.24) is 9.97 Å². The number of carbonyl (C=O) groups is 2. The zero-order valence-electron chi connectivity index (χ0n) is 10.3. The van der Waals surface area contributed by atoms with Crippen LogP contribution in [0.15, 0.2) is 41.5 Å². The van der Waals surface area contributed by atoms with Crippen LogP contribution in [0.4, 0.5) is 5.69 Å². The lowest BCUT2D eigenvalue weighted by Crippen LogP contribution is -2.18. The largest absolute Gasteiger partial charge is 0.481 e. The third kappa shape index (κ3) is 3.29. The molecule has 0 bridgehead atoms. The molecular formula is C13H11N3O4. The lowest BCUT2D eigenvalue weighted by atomic mass is 10.1.